The Morgan fingerprint density at radius 3 is 3.05 bits per heavy atom. The molecule has 0 radical (unpaired) electrons. The molecule has 104 valence electrons. The van der Waals surface area contributed by atoms with Gasteiger partial charge in [-0.25, -0.2) is 0 Å². The highest BCUT2D eigenvalue weighted by molar-refractivity contribution is 5.89. The van der Waals surface area contributed by atoms with E-state index >= 15 is 0 Å². The summed E-state index contributed by atoms with van der Waals surface area (Å²) >= 11 is 0. The van der Waals surface area contributed by atoms with Crippen molar-refractivity contribution in [2.45, 2.75) is 24.8 Å². The Bertz CT molecular complexity index is 677. The minimum atomic E-state index is -0.838. The molecule has 2 N–H and O–H groups in total. The van der Waals surface area contributed by atoms with Gasteiger partial charge in [-0.1, -0.05) is 12.1 Å². The summed E-state index contributed by atoms with van der Waals surface area (Å²) in [6, 6.07) is 5.77. The number of carbonyl (C=O) groups is 2. The van der Waals surface area contributed by atoms with Crippen LogP contribution in [0.1, 0.15) is 23.5 Å². The zero-order chi connectivity index (χ0) is 14.3. The van der Waals surface area contributed by atoms with Gasteiger partial charge in [-0.05, 0) is 23.6 Å². The number of carboxylic acids is 1. The van der Waals surface area contributed by atoms with E-state index in [9.17, 15) is 14.7 Å². The molecule has 0 saturated carbocycles. The molecular formula is C15H16N2O3. The zero-order valence-electron chi connectivity index (χ0n) is 11.2. The van der Waals surface area contributed by atoms with Gasteiger partial charge in [0.25, 0.3) is 0 Å². The fraction of sp³-hybridized carbons (Fsp3) is 0.333. The van der Waals surface area contributed by atoms with Crippen LogP contribution in [0.2, 0.25) is 0 Å². The second-order valence-electron chi connectivity index (χ2n) is 5.33. The van der Waals surface area contributed by atoms with Gasteiger partial charge < -0.3 is 15.0 Å². The minimum absolute atomic E-state index is 0.0343. The molecule has 20 heavy (non-hydrogen) atoms. The summed E-state index contributed by atoms with van der Waals surface area (Å²) in [4.78, 5) is 27.1. The van der Waals surface area contributed by atoms with Crippen LogP contribution in [-0.4, -0.2) is 40.5 Å². The third-order valence-electron chi connectivity index (χ3n) is 4.20. The molecule has 3 rings (SSSR count). The number of nitrogens with one attached hydrogen (secondary N) is 1. The number of hydrogen-bond acceptors (Lipinski definition) is 2. The summed E-state index contributed by atoms with van der Waals surface area (Å²) in [5.74, 6) is -1.01. The Morgan fingerprint density at radius 1 is 1.55 bits per heavy atom. The molecule has 1 aliphatic carbocycles. The second-order valence-corrected chi connectivity index (χ2v) is 5.33. The van der Waals surface area contributed by atoms with E-state index in [1.165, 1.54) is 0 Å². The van der Waals surface area contributed by atoms with E-state index in [2.05, 4.69) is 4.98 Å². The Labute approximate surface area is 116 Å². The largest absolute Gasteiger partial charge is 0.481 e. The molecule has 2 atom stereocenters. The maximum atomic E-state index is 11.2. The lowest BCUT2D eigenvalue weighted by atomic mass is 9.78. The van der Waals surface area contributed by atoms with Crippen LogP contribution in [0.5, 0.6) is 0 Å². The molecule has 1 heterocycles. The Kier molecular flexibility index (Phi) is 2.97. The average molecular weight is 272 g/mol. The van der Waals surface area contributed by atoms with Crippen LogP contribution in [0.3, 0.4) is 0 Å². The number of rotatable bonds is 4. The van der Waals surface area contributed by atoms with E-state index in [-0.39, 0.29) is 18.4 Å². The third kappa shape index (κ3) is 1.86. The highest BCUT2D eigenvalue weighted by Gasteiger charge is 2.34. The highest BCUT2D eigenvalue weighted by atomic mass is 16.4. The van der Waals surface area contributed by atoms with Crippen LogP contribution in [0.4, 0.5) is 0 Å². The lowest BCUT2D eigenvalue weighted by Crippen LogP contribution is -2.40. The SMILES string of the molecule is CN(C=O)[C@@H]1Cc2c[nH]c3cccc(c23)[C@H]1CC(=O)O. The first-order chi connectivity index (χ1) is 9.61. The molecule has 2 aromatic rings. The number of carbonyl (C=O) groups excluding carboxylic acids is 1. The second kappa shape index (κ2) is 4.67. The third-order valence-corrected chi connectivity index (χ3v) is 4.20. The van der Waals surface area contributed by atoms with Crippen LogP contribution in [0.15, 0.2) is 24.4 Å². The average Bonchev–Trinajstić information content (AvgIpc) is 2.85. The van der Waals surface area contributed by atoms with E-state index in [1.54, 1.807) is 11.9 Å². The maximum Gasteiger partial charge on any atom is 0.304 e. The molecule has 1 aromatic heterocycles. The van der Waals surface area contributed by atoms with Crippen molar-refractivity contribution in [3.8, 4) is 0 Å². The summed E-state index contributed by atoms with van der Waals surface area (Å²) in [6.07, 6.45) is 3.45. The van der Waals surface area contributed by atoms with Gasteiger partial charge >= 0.3 is 5.97 Å². The fourth-order valence-corrected chi connectivity index (χ4v) is 3.27. The van der Waals surface area contributed by atoms with Gasteiger partial charge in [-0.3, -0.25) is 9.59 Å². The first-order valence-electron chi connectivity index (χ1n) is 6.59. The first-order valence-corrected chi connectivity index (χ1v) is 6.59. The molecule has 1 aromatic carbocycles. The summed E-state index contributed by atoms with van der Waals surface area (Å²) in [5, 5.41) is 10.3. The van der Waals surface area contributed by atoms with Gasteiger partial charge in [0.1, 0.15) is 0 Å². The number of carboxylic acid groups (broad SMARTS) is 1. The predicted octanol–water partition coefficient (Wildman–Crippen LogP) is 1.74. The summed E-state index contributed by atoms with van der Waals surface area (Å²) in [6.45, 7) is 0. The molecule has 0 fully saturated rings. The van der Waals surface area contributed by atoms with Gasteiger partial charge in [0.15, 0.2) is 0 Å². The zero-order valence-corrected chi connectivity index (χ0v) is 11.2. The molecule has 5 heteroatoms. The van der Waals surface area contributed by atoms with Crippen molar-refractivity contribution in [1.82, 2.24) is 9.88 Å². The monoisotopic (exact) mass is 272 g/mol. The first kappa shape index (κ1) is 12.7. The molecule has 5 nitrogen and oxygen atoms in total. The van der Waals surface area contributed by atoms with Crippen molar-refractivity contribution in [2.75, 3.05) is 7.05 Å². The van der Waals surface area contributed by atoms with Crippen LogP contribution < -0.4 is 0 Å². The topological polar surface area (TPSA) is 73.4 Å². The van der Waals surface area contributed by atoms with Crippen molar-refractivity contribution in [3.63, 3.8) is 0 Å². The summed E-state index contributed by atoms with van der Waals surface area (Å²) in [5.41, 5.74) is 3.20. The number of nitrogens with zero attached hydrogens (tertiary/aromatic N) is 1. The Hall–Kier alpha value is -2.30. The molecule has 0 bridgehead atoms. The number of aromatic amines is 1. The predicted molar refractivity (Wildman–Crippen MR) is 74.6 cm³/mol. The number of H-pyrrole nitrogens is 1. The smallest absolute Gasteiger partial charge is 0.304 e. The number of hydrogen-bond donors (Lipinski definition) is 2. The number of benzene rings is 1. The number of likely N-dealkylation sites (N-methyl/N-ethyl adjacent to an activating group) is 1. The fourth-order valence-electron chi connectivity index (χ4n) is 3.27. The lowest BCUT2D eigenvalue weighted by molar-refractivity contribution is -0.138. The van der Waals surface area contributed by atoms with Gasteiger partial charge in [-0.2, -0.15) is 0 Å². The van der Waals surface area contributed by atoms with Crippen molar-refractivity contribution >= 4 is 23.3 Å². The van der Waals surface area contributed by atoms with Crippen molar-refractivity contribution in [2.24, 2.45) is 0 Å². The van der Waals surface area contributed by atoms with Crippen molar-refractivity contribution < 1.29 is 14.7 Å². The van der Waals surface area contributed by atoms with Gasteiger partial charge in [0.2, 0.25) is 6.41 Å². The highest BCUT2D eigenvalue weighted by Crippen LogP contribution is 2.40. The van der Waals surface area contributed by atoms with E-state index in [0.717, 1.165) is 28.4 Å². The summed E-state index contributed by atoms with van der Waals surface area (Å²) in [7, 11) is 1.71. The van der Waals surface area contributed by atoms with Gasteiger partial charge in [0, 0.05) is 36.1 Å². The Morgan fingerprint density at radius 2 is 2.35 bits per heavy atom. The molecule has 0 saturated heterocycles. The van der Waals surface area contributed by atoms with Gasteiger partial charge in [0.05, 0.1) is 6.42 Å². The van der Waals surface area contributed by atoms with Crippen LogP contribution >= 0.6 is 0 Å². The molecule has 1 amide bonds. The molecule has 0 spiro atoms. The standard InChI is InChI=1S/C15H16N2O3/c1-17(8-18)13-5-9-7-16-12-4-2-3-10(15(9)12)11(13)6-14(19)20/h2-4,7-8,11,13,16H,5-6H2,1H3,(H,19,20)/t11-,13-/m1/s1. The van der Waals surface area contributed by atoms with Crippen LogP contribution in [0.25, 0.3) is 10.9 Å². The molecular weight excluding hydrogens is 256 g/mol. The van der Waals surface area contributed by atoms with Crippen molar-refractivity contribution in [1.29, 1.82) is 0 Å². The number of aliphatic carboxylic acids is 1. The van der Waals surface area contributed by atoms with E-state index in [0.29, 0.717) is 6.42 Å². The van der Waals surface area contributed by atoms with Gasteiger partial charge in [-0.15, -0.1) is 0 Å². The van der Waals surface area contributed by atoms with Crippen molar-refractivity contribution in [3.05, 3.63) is 35.5 Å². The van der Waals surface area contributed by atoms with E-state index in [4.69, 9.17) is 0 Å². The van der Waals surface area contributed by atoms with Crippen LogP contribution in [0, 0.1) is 0 Å². The normalized spacial score (nSPS) is 20.9. The van der Waals surface area contributed by atoms with E-state index in [1.807, 2.05) is 24.4 Å². The van der Waals surface area contributed by atoms with Crippen LogP contribution in [-0.2, 0) is 16.0 Å². The summed E-state index contributed by atoms with van der Waals surface area (Å²) < 4.78 is 0. The lowest BCUT2D eigenvalue weighted by Gasteiger charge is -2.35. The number of aromatic nitrogens is 1. The molecule has 1 aliphatic rings. The quantitative estimate of drug-likeness (QED) is 0.833. The van der Waals surface area contributed by atoms with E-state index < -0.39 is 5.97 Å². The number of amides is 1. The molecule has 0 unspecified atom stereocenters. The minimum Gasteiger partial charge on any atom is -0.481 e. The molecule has 0 aliphatic heterocycles. The Balaban J connectivity index is 2.15. The maximum absolute atomic E-state index is 11.2.